The van der Waals surface area contributed by atoms with Crippen molar-refractivity contribution < 1.29 is 53.1 Å². The van der Waals surface area contributed by atoms with E-state index in [4.69, 9.17) is 0 Å². The van der Waals surface area contributed by atoms with E-state index in [1.54, 1.807) is 19.2 Å². The quantitative estimate of drug-likeness (QED) is 0.0279. The third-order valence-electron chi connectivity index (χ3n) is 15.3. The van der Waals surface area contributed by atoms with Crippen LogP contribution < -0.4 is 10.2 Å². The molecule has 1 unspecified atom stereocenters. The molecule has 0 spiro atoms. The molecule has 7 rings (SSSR count). The Morgan fingerprint density at radius 1 is 0.747 bits per heavy atom. The molecular weight excluding hydrogens is 1010 g/mol. The fourth-order valence-corrected chi connectivity index (χ4v) is 12.5. The first-order valence-corrected chi connectivity index (χ1v) is 30.0. The Balaban J connectivity index is 0.995. The topological polar surface area (TPSA) is 241 Å². The lowest BCUT2D eigenvalue weighted by molar-refractivity contribution is -0.437. The molecule has 3 aromatic carbocycles. The summed E-state index contributed by atoms with van der Waals surface area (Å²) in [4.78, 5) is 27.6. The number of hydrogen-bond acceptors (Lipinski definition) is 11. The highest BCUT2D eigenvalue weighted by molar-refractivity contribution is 7.86. The number of nitrogens with zero attached hydrogens (tertiary/aromatic N) is 4. The number of allylic oxidation sites excluding steroid dienone is 6. The van der Waals surface area contributed by atoms with Gasteiger partial charge in [-0.2, -0.15) is 34.9 Å². The summed E-state index contributed by atoms with van der Waals surface area (Å²) in [5.41, 5.74) is 8.72. The Kier molecular flexibility index (Phi) is 17.1. The molecule has 19 heteroatoms. The van der Waals surface area contributed by atoms with Gasteiger partial charge in [-0.1, -0.05) is 69.7 Å². The van der Waals surface area contributed by atoms with Gasteiger partial charge in [0.25, 0.3) is 30.4 Å². The van der Waals surface area contributed by atoms with Crippen LogP contribution in [-0.4, -0.2) is 97.0 Å². The van der Waals surface area contributed by atoms with E-state index in [0.29, 0.717) is 43.5 Å². The van der Waals surface area contributed by atoms with Crippen LogP contribution >= 0.6 is 0 Å². The van der Waals surface area contributed by atoms with Crippen LogP contribution in [-0.2, 0) is 70.0 Å². The Morgan fingerprint density at radius 2 is 1.43 bits per heavy atom. The van der Waals surface area contributed by atoms with E-state index < -0.39 is 52.4 Å². The van der Waals surface area contributed by atoms with Crippen LogP contribution in [0.4, 0.5) is 11.4 Å². The van der Waals surface area contributed by atoms with E-state index >= 15 is 0 Å². The fourth-order valence-electron chi connectivity index (χ4n) is 11.0. The summed E-state index contributed by atoms with van der Waals surface area (Å²) in [7, 11) is -11.5. The van der Waals surface area contributed by atoms with Gasteiger partial charge in [-0.25, -0.2) is 0 Å². The number of carbonyl (C=O) groups excluding carboxylic acids is 2. The molecular formula is C56H70N5O11S3+. The number of Topliss-reactive ketones (excluding diaryl/α,β-unsaturated/α-hetero) is 1. The average Bonchev–Trinajstić information content (AvgIpc) is 3.68. The minimum Gasteiger partial charge on any atom is -0.359 e. The number of aromatic nitrogens is 2. The Bertz CT molecular complexity index is 3340. The first kappa shape index (κ1) is 57.0. The Morgan fingerprint density at radius 3 is 2.09 bits per heavy atom. The second-order valence-corrected chi connectivity index (χ2v) is 25.7. The van der Waals surface area contributed by atoms with Gasteiger partial charge in [-0.3, -0.25) is 23.2 Å². The van der Waals surface area contributed by atoms with E-state index in [1.165, 1.54) is 35.4 Å². The summed E-state index contributed by atoms with van der Waals surface area (Å²) in [6.45, 7) is 12.6. The largest absolute Gasteiger partial charge is 0.359 e. The molecule has 0 bridgehead atoms. The molecule has 3 heterocycles. The number of aryl methyl sites for hydroxylation is 2. The SMILES string of the molecule is CNC(=O)C1(C)CCCc2c(-c3ccc(CCC(=O)CCCCCN4C(=CC=CC=CC5=[N+](CCCS(=O)(=O)O)c6ccc(S(=O)(=O)O)cc6C5(C)C)C(C)(C)c5cc(S(=O)(=O)O)ccc54)cc3)nnc(C)c2CC1. The van der Waals surface area contributed by atoms with Gasteiger partial charge in [-0.15, -0.1) is 5.10 Å². The molecule has 1 amide bonds. The summed E-state index contributed by atoms with van der Waals surface area (Å²) in [6.07, 6.45) is 17.1. The molecule has 1 aliphatic carbocycles. The van der Waals surface area contributed by atoms with Crippen LogP contribution in [0.5, 0.6) is 0 Å². The number of ketones is 1. The van der Waals surface area contributed by atoms with Crippen LogP contribution in [0.3, 0.4) is 0 Å². The molecule has 2 aliphatic heterocycles. The normalized spacial score (nSPS) is 19.1. The van der Waals surface area contributed by atoms with Crippen molar-refractivity contribution in [2.45, 2.75) is 139 Å². The predicted octanol–water partition coefficient (Wildman–Crippen LogP) is 9.18. The van der Waals surface area contributed by atoms with Crippen molar-refractivity contribution in [3.63, 3.8) is 0 Å². The minimum atomic E-state index is -4.50. The van der Waals surface area contributed by atoms with Crippen LogP contribution in [0.2, 0.25) is 0 Å². The summed E-state index contributed by atoms with van der Waals surface area (Å²) in [6, 6.07) is 17.1. The zero-order valence-electron chi connectivity index (χ0n) is 43.9. The third-order valence-corrected chi connectivity index (χ3v) is 17.8. The Labute approximate surface area is 442 Å². The first-order chi connectivity index (χ1) is 35.2. The summed E-state index contributed by atoms with van der Waals surface area (Å²) in [5.74, 6) is -0.209. The smallest absolute Gasteiger partial charge is 0.294 e. The standard InChI is InChI=1S/C56H69N5O11S3/c1-38-44-30-32-56(6,53(63)57-7)31-14-17-45(44)52(59-58-38)40-23-20-39(21-24-40)22-25-41(62)16-10-9-13-33-60-48-28-26-42(74(67,68)69)36-46(48)54(2,3)50(60)18-11-8-12-19-51-55(4,5)47-37-43(75(70,71)72)27-29-49(47)61(51)34-15-35-73(64,65)66/h8,11-12,18-21,23-24,26-29,36-37H,9-10,13-17,22,25,30-35H2,1-7H3,(H3-,57,63,64,65,66,67,68,69,70,71,72)/p+1. The minimum absolute atomic E-state index is 0.0769. The number of carbonyl (C=O) groups is 2. The highest BCUT2D eigenvalue weighted by Gasteiger charge is 2.45. The number of benzene rings is 3. The van der Waals surface area contributed by atoms with Gasteiger partial charge in [0.15, 0.2) is 5.71 Å². The number of rotatable bonds is 20. The van der Waals surface area contributed by atoms with Gasteiger partial charge in [0.1, 0.15) is 12.3 Å². The average molecular weight is 1090 g/mol. The maximum atomic E-state index is 13.2. The highest BCUT2D eigenvalue weighted by Crippen LogP contribution is 2.49. The molecule has 1 aromatic heterocycles. The van der Waals surface area contributed by atoms with E-state index in [9.17, 15) is 48.5 Å². The maximum absolute atomic E-state index is 13.2. The van der Waals surface area contributed by atoms with E-state index in [1.807, 2.05) is 76.5 Å². The lowest BCUT2D eigenvalue weighted by Gasteiger charge is -2.31. The van der Waals surface area contributed by atoms with E-state index in [0.717, 1.165) is 90.1 Å². The van der Waals surface area contributed by atoms with Crippen molar-refractivity contribution in [2.75, 3.05) is 30.8 Å². The molecule has 0 saturated carbocycles. The molecule has 4 N–H and O–H groups in total. The molecule has 0 radical (unpaired) electrons. The number of fused-ring (bicyclic) bond motifs is 3. The molecule has 0 saturated heterocycles. The molecule has 3 aliphatic rings. The lowest BCUT2D eigenvalue weighted by atomic mass is 9.75. The maximum Gasteiger partial charge on any atom is 0.294 e. The zero-order chi connectivity index (χ0) is 54.7. The molecule has 0 fully saturated rings. The van der Waals surface area contributed by atoms with Crippen molar-refractivity contribution in [1.29, 1.82) is 0 Å². The predicted molar refractivity (Wildman–Crippen MR) is 291 cm³/mol. The number of amides is 1. The monoisotopic (exact) mass is 1080 g/mol. The summed E-state index contributed by atoms with van der Waals surface area (Å²) in [5, 5.41) is 12.0. The van der Waals surface area contributed by atoms with Gasteiger partial charge in [-0.05, 0) is 131 Å². The van der Waals surface area contributed by atoms with Crippen molar-refractivity contribution >= 4 is 59.1 Å². The number of unbranched alkanes of at least 4 members (excludes halogenated alkanes) is 2. The van der Waals surface area contributed by atoms with Crippen molar-refractivity contribution in [1.82, 2.24) is 15.5 Å². The van der Waals surface area contributed by atoms with Gasteiger partial charge < -0.3 is 10.2 Å². The highest BCUT2D eigenvalue weighted by atomic mass is 32.2. The molecule has 4 aromatic rings. The number of anilines is 1. The lowest BCUT2D eigenvalue weighted by Crippen LogP contribution is -2.38. The van der Waals surface area contributed by atoms with Crippen LogP contribution in [0, 0.1) is 12.3 Å². The van der Waals surface area contributed by atoms with Gasteiger partial charge in [0, 0.05) is 78.3 Å². The molecule has 75 heavy (non-hydrogen) atoms. The number of nitrogens with one attached hydrogen (secondary N) is 1. The van der Waals surface area contributed by atoms with Gasteiger partial charge in [0.05, 0.1) is 32.3 Å². The van der Waals surface area contributed by atoms with Crippen molar-refractivity contribution in [3.05, 3.63) is 130 Å². The van der Waals surface area contributed by atoms with Gasteiger partial charge >= 0.3 is 0 Å². The molecule has 402 valence electrons. The second-order valence-electron chi connectivity index (χ2n) is 21.3. The summed E-state index contributed by atoms with van der Waals surface area (Å²) >= 11 is 0. The van der Waals surface area contributed by atoms with Crippen LogP contribution in [0.1, 0.15) is 126 Å². The van der Waals surface area contributed by atoms with Crippen molar-refractivity contribution in [2.24, 2.45) is 5.41 Å². The van der Waals surface area contributed by atoms with E-state index in [2.05, 4.69) is 44.7 Å². The molecule has 16 nitrogen and oxygen atoms in total. The number of hydrogen-bond donors (Lipinski definition) is 4. The first-order valence-electron chi connectivity index (χ1n) is 25.5. The third kappa shape index (κ3) is 12.9. The van der Waals surface area contributed by atoms with Crippen LogP contribution in [0.15, 0.2) is 107 Å². The molecule has 1 atom stereocenters. The summed E-state index contributed by atoms with van der Waals surface area (Å²) < 4.78 is 103. The van der Waals surface area contributed by atoms with Crippen LogP contribution in [0.25, 0.3) is 11.3 Å². The zero-order valence-corrected chi connectivity index (χ0v) is 46.3. The van der Waals surface area contributed by atoms with Gasteiger partial charge in [0.2, 0.25) is 11.6 Å². The van der Waals surface area contributed by atoms with E-state index in [-0.39, 0.29) is 34.4 Å². The fraction of sp³-hybridized carbons (Fsp3) is 0.446. The second kappa shape index (κ2) is 22.5. The Hall–Kier alpha value is -5.70. The van der Waals surface area contributed by atoms with Crippen molar-refractivity contribution in [3.8, 4) is 11.3 Å².